The van der Waals surface area contributed by atoms with Gasteiger partial charge in [-0.1, -0.05) is 11.8 Å². The van der Waals surface area contributed by atoms with Gasteiger partial charge in [0, 0.05) is 18.1 Å². The van der Waals surface area contributed by atoms with Crippen molar-refractivity contribution in [2.75, 3.05) is 12.4 Å². The third-order valence-corrected chi connectivity index (χ3v) is 4.91. The Hall–Kier alpha value is -1.14. The van der Waals surface area contributed by atoms with E-state index in [-0.39, 0.29) is 11.9 Å². The van der Waals surface area contributed by atoms with E-state index in [2.05, 4.69) is 9.97 Å². The van der Waals surface area contributed by atoms with Crippen molar-refractivity contribution >= 4 is 17.7 Å². The number of hydrogen-bond acceptors (Lipinski definition) is 6. The zero-order chi connectivity index (χ0) is 15.3. The number of aryl methyl sites for hydroxylation is 1. The van der Waals surface area contributed by atoms with Crippen molar-refractivity contribution < 1.29 is 14.6 Å². The van der Waals surface area contributed by atoms with E-state index in [4.69, 9.17) is 4.74 Å². The van der Waals surface area contributed by atoms with Crippen molar-refractivity contribution in [2.24, 2.45) is 5.92 Å². The van der Waals surface area contributed by atoms with Crippen LogP contribution in [0.1, 0.15) is 38.2 Å². The van der Waals surface area contributed by atoms with E-state index in [1.165, 1.54) is 11.8 Å². The highest BCUT2D eigenvalue weighted by molar-refractivity contribution is 7.99. The van der Waals surface area contributed by atoms with Gasteiger partial charge < -0.3 is 9.84 Å². The topological polar surface area (TPSA) is 72.3 Å². The fraction of sp³-hybridized carbons (Fsp3) is 0.667. The van der Waals surface area contributed by atoms with E-state index in [1.54, 1.807) is 12.4 Å². The summed E-state index contributed by atoms with van der Waals surface area (Å²) in [5.74, 6) is 0.367. The maximum absolute atomic E-state index is 11.7. The smallest absolute Gasteiger partial charge is 0.308 e. The van der Waals surface area contributed by atoms with Crippen LogP contribution in [-0.2, 0) is 9.53 Å². The molecule has 1 aliphatic rings. The molecule has 1 saturated carbocycles. The van der Waals surface area contributed by atoms with Crippen molar-refractivity contribution in [1.82, 2.24) is 9.97 Å². The summed E-state index contributed by atoms with van der Waals surface area (Å²) < 4.78 is 5.04. The summed E-state index contributed by atoms with van der Waals surface area (Å²) >= 11 is 1.47. The molecule has 5 nitrogen and oxygen atoms in total. The predicted octanol–water partition coefficient (Wildman–Crippen LogP) is 2.36. The Morgan fingerprint density at radius 3 is 2.62 bits per heavy atom. The maximum Gasteiger partial charge on any atom is 0.308 e. The fourth-order valence-corrected chi connectivity index (χ4v) is 3.39. The van der Waals surface area contributed by atoms with E-state index in [0.29, 0.717) is 43.2 Å². The summed E-state index contributed by atoms with van der Waals surface area (Å²) in [5, 5.41) is 11.3. The zero-order valence-electron chi connectivity index (χ0n) is 12.5. The molecule has 6 heteroatoms. The molecule has 1 fully saturated rings. The molecule has 0 spiro atoms. The minimum Gasteiger partial charge on any atom is -0.466 e. The normalized spacial score (nSPS) is 25.6. The monoisotopic (exact) mass is 310 g/mol. The Kier molecular flexibility index (Phi) is 5.58. The number of carbonyl (C=O) groups excluding carboxylic acids is 1. The quantitative estimate of drug-likeness (QED) is 0.511. The van der Waals surface area contributed by atoms with Crippen LogP contribution in [0.2, 0.25) is 0 Å². The van der Waals surface area contributed by atoms with Crippen LogP contribution in [0.25, 0.3) is 0 Å². The number of thioether (sulfide) groups is 1. The highest BCUT2D eigenvalue weighted by atomic mass is 32.2. The van der Waals surface area contributed by atoms with Crippen molar-refractivity contribution in [3.63, 3.8) is 0 Å². The first-order valence-electron chi connectivity index (χ1n) is 7.33. The molecule has 0 unspecified atom stereocenters. The molecule has 0 saturated heterocycles. The molecular formula is C15H22N2O3S. The third-order valence-electron chi connectivity index (χ3n) is 3.76. The number of aromatic nitrogens is 2. The number of esters is 1. The van der Waals surface area contributed by atoms with E-state index >= 15 is 0 Å². The van der Waals surface area contributed by atoms with Gasteiger partial charge in [0.15, 0.2) is 5.16 Å². The zero-order valence-corrected chi connectivity index (χ0v) is 13.4. The van der Waals surface area contributed by atoms with Crippen LogP contribution in [0.5, 0.6) is 0 Å². The largest absolute Gasteiger partial charge is 0.466 e. The fourth-order valence-electron chi connectivity index (χ4n) is 2.45. The molecule has 1 aromatic rings. The molecule has 1 aliphatic carbocycles. The highest BCUT2D eigenvalue weighted by Gasteiger charge is 2.36. The Bertz CT molecular complexity index is 470. The standard InChI is InChI=1S/C15H22N2O3S/c1-3-20-13(18)12-4-6-15(19,7-5-12)10-21-14-16-8-11(2)9-17-14/h8-9,12,19H,3-7,10H2,1-2H3. The first-order valence-corrected chi connectivity index (χ1v) is 8.31. The van der Waals surface area contributed by atoms with Crippen LogP contribution < -0.4 is 0 Å². The van der Waals surface area contributed by atoms with Gasteiger partial charge in [-0.2, -0.15) is 0 Å². The second-order valence-electron chi connectivity index (χ2n) is 5.58. The maximum atomic E-state index is 11.7. The van der Waals surface area contributed by atoms with Gasteiger partial charge in [-0.15, -0.1) is 0 Å². The van der Waals surface area contributed by atoms with E-state index in [9.17, 15) is 9.90 Å². The van der Waals surface area contributed by atoms with E-state index in [0.717, 1.165) is 5.56 Å². The Labute approximate surface area is 129 Å². The first-order chi connectivity index (χ1) is 10.0. The van der Waals surface area contributed by atoms with Crippen molar-refractivity contribution in [2.45, 2.75) is 50.3 Å². The first kappa shape index (κ1) is 16.2. The molecule has 0 atom stereocenters. The molecule has 21 heavy (non-hydrogen) atoms. The SMILES string of the molecule is CCOC(=O)C1CCC(O)(CSc2ncc(C)cn2)CC1. The molecule has 0 bridgehead atoms. The minimum absolute atomic E-state index is 0.0640. The van der Waals surface area contributed by atoms with E-state index < -0.39 is 5.60 Å². The number of rotatable bonds is 5. The molecular weight excluding hydrogens is 288 g/mol. The lowest BCUT2D eigenvalue weighted by molar-refractivity contribution is -0.150. The van der Waals surface area contributed by atoms with Crippen LogP contribution in [0, 0.1) is 12.8 Å². The predicted molar refractivity (Wildman–Crippen MR) is 81.0 cm³/mol. The average Bonchev–Trinajstić information content (AvgIpc) is 2.48. The summed E-state index contributed by atoms with van der Waals surface area (Å²) in [6.45, 7) is 4.17. The van der Waals surface area contributed by atoms with Crippen LogP contribution in [0.4, 0.5) is 0 Å². The number of aliphatic hydroxyl groups is 1. The molecule has 0 radical (unpaired) electrons. The molecule has 1 N–H and O–H groups in total. The van der Waals surface area contributed by atoms with Gasteiger partial charge in [-0.3, -0.25) is 4.79 Å². The molecule has 0 aromatic carbocycles. The Morgan fingerprint density at radius 1 is 1.43 bits per heavy atom. The van der Waals surface area contributed by atoms with E-state index in [1.807, 2.05) is 13.8 Å². The number of ether oxygens (including phenoxy) is 1. The van der Waals surface area contributed by atoms with Gasteiger partial charge in [0.2, 0.25) is 0 Å². The summed E-state index contributed by atoms with van der Waals surface area (Å²) in [6, 6.07) is 0. The summed E-state index contributed by atoms with van der Waals surface area (Å²) in [7, 11) is 0. The molecule has 1 heterocycles. The van der Waals surface area contributed by atoms with Crippen molar-refractivity contribution in [3.05, 3.63) is 18.0 Å². The number of nitrogens with zero attached hydrogens (tertiary/aromatic N) is 2. The van der Waals surface area contributed by atoms with Crippen LogP contribution in [0.3, 0.4) is 0 Å². The lowest BCUT2D eigenvalue weighted by atomic mass is 9.80. The summed E-state index contributed by atoms with van der Waals surface area (Å²) in [4.78, 5) is 20.1. The number of carbonyl (C=O) groups is 1. The minimum atomic E-state index is -0.734. The molecule has 116 valence electrons. The second kappa shape index (κ2) is 7.22. The number of hydrogen-bond donors (Lipinski definition) is 1. The Morgan fingerprint density at radius 2 is 2.05 bits per heavy atom. The molecule has 0 aliphatic heterocycles. The van der Waals surface area contributed by atoms with Crippen molar-refractivity contribution in [1.29, 1.82) is 0 Å². The van der Waals surface area contributed by atoms with Gasteiger partial charge in [-0.25, -0.2) is 9.97 Å². The lowest BCUT2D eigenvalue weighted by Gasteiger charge is -2.34. The third kappa shape index (κ3) is 4.68. The van der Waals surface area contributed by atoms with Gasteiger partial charge in [-0.05, 0) is 45.1 Å². The molecule has 1 aromatic heterocycles. The average molecular weight is 310 g/mol. The van der Waals surface area contributed by atoms with Gasteiger partial charge in [0.25, 0.3) is 0 Å². The van der Waals surface area contributed by atoms with Crippen LogP contribution >= 0.6 is 11.8 Å². The van der Waals surface area contributed by atoms with Gasteiger partial charge >= 0.3 is 5.97 Å². The van der Waals surface area contributed by atoms with Crippen molar-refractivity contribution in [3.8, 4) is 0 Å². The summed E-state index contributed by atoms with van der Waals surface area (Å²) in [5.41, 5.74) is 0.287. The highest BCUT2D eigenvalue weighted by Crippen LogP contribution is 2.36. The van der Waals surface area contributed by atoms with Crippen LogP contribution in [-0.4, -0.2) is 39.0 Å². The molecule has 0 amide bonds. The van der Waals surface area contributed by atoms with Gasteiger partial charge in [0.1, 0.15) is 0 Å². The van der Waals surface area contributed by atoms with Gasteiger partial charge in [0.05, 0.1) is 18.1 Å². The van der Waals surface area contributed by atoms with Crippen LogP contribution in [0.15, 0.2) is 17.6 Å². The Balaban J connectivity index is 1.82. The molecule has 2 rings (SSSR count). The second-order valence-corrected chi connectivity index (χ2v) is 6.52. The lowest BCUT2D eigenvalue weighted by Crippen LogP contribution is -2.38. The summed E-state index contributed by atoms with van der Waals surface area (Å²) in [6.07, 6.45) is 6.16.